The van der Waals surface area contributed by atoms with Crippen molar-refractivity contribution in [1.82, 2.24) is 20.0 Å². The van der Waals surface area contributed by atoms with Gasteiger partial charge >= 0.3 is 0 Å². The highest BCUT2D eigenvalue weighted by molar-refractivity contribution is 7.89. The quantitative estimate of drug-likeness (QED) is 0.762. The second-order valence-electron chi connectivity index (χ2n) is 4.60. The van der Waals surface area contributed by atoms with E-state index in [1.165, 1.54) is 0 Å². The van der Waals surface area contributed by atoms with Crippen molar-refractivity contribution in [3.8, 4) is 0 Å². The van der Waals surface area contributed by atoms with Crippen molar-refractivity contribution in [1.29, 1.82) is 0 Å². The molecule has 0 amide bonds. The van der Waals surface area contributed by atoms with Crippen molar-refractivity contribution in [2.75, 3.05) is 13.1 Å². The monoisotopic (exact) mass is 270 g/mol. The van der Waals surface area contributed by atoms with Crippen LogP contribution in [0, 0.1) is 13.8 Å². The highest BCUT2D eigenvalue weighted by atomic mass is 32.2. The summed E-state index contributed by atoms with van der Waals surface area (Å²) in [6, 6.07) is 1.68. The first-order valence-corrected chi connectivity index (χ1v) is 7.51. The lowest BCUT2D eigenvalue weighted by Crippen LogP contribution is -2.45. The van der Waals surface area contributed by atoms with Gasteiger partial charge in [0.05, 0.1) is 0 Å². The van der Waals surface area contributed by atoms with Gasteiger partial charge in [-0.15, -0.1) is 0 Å². The van der Waals surface area contributed by atoms with Crippen molar-refractivity contribution >= 4 is 10.0 Å². The fraction of sp³-hybridized carbons (Fsp3) is 0.636. The van der Waals surface area contributed by atoms with Crippen LogP contribution in [0.5, 0.6) is 0 Å². The summed E-state index contributed by atoms with van der Waals surface area (Å²) < 4.78 is 26.9. The van der Waals surface area contributed by atoms with Gasteiger partial charge in [-0.2, -0.15) is 0 Å². The molecule has 2 rings (SSSR count). The molecule has 1 aromatic heterocycles. The molecule has 0 saturated carbocycles. The number of hydrogen-bond acceptors (Lipinski definition) is 5. The number of rotatable bonds is 3. The number of sulfonamides is 1. The minimum absolute atomic E-state index is 0.0758. The molecule has 1 atom stereocenters. The lowest BCUT2D eigenvalue weighted by Gasteiger charge is -2.23. The molecule has 1 aliphatic heterocycles. The largest absolute Gasteiger partial charge is 0.315 e. The van der Waals surface area contributed by atoms with Crippen LogP contribution in [0.15, 0.2) is 11.2 Å². The second-order valence-corrected chi connectivity index (χ2v) is 6.21. The normalized spacial score (nSPS) is 20.9. The molecule has 2 heterocycles. The van der Waals surface area contributed by atoms with Crippen LogP contribution in [0.2, 0.25) is 0 Å². The van der Waals surface area contributed by atoms with Gasteiger partial charge in [0.1, 0.15) is 0 Å². The highest BCUT2D eigenvalue weighted by Gasteiger charge is 2.24. The van der Waals surface area contributed by atoms with Crippen LogP contribution in [0.25, 0.3) is 0 Å². The van der Waals surface area contributed by atoms with Gasteiger partial charge in [-0.3, -0.25) is 0 Å². The lowest BCUT2D eigenvalue weighted by atomic mass is 10.1. The van der Waals surface area contributed by atoms with Crippen molar-refractivity contribution in [2.24, 2.45) is 0 Å². The van der Waals surface area contributed by atoms with Crippen molar-refractivity contribution in [2.45, 2.75) is 37.9 Å². The maximum atomic E-state index is 12.1. The van der Waals surface area contributed by atoms with Gasteiger partial charge in [0.2, 0.25) is 0 Å². The number of aromatic nitrogens is 2. The van der Waals surface area contributed by atoms with E-state index < -0.39 is 10.0 Å². The van der Waals surface area contributed by atoms with E-state index in [-0.39, 0.29) is 11.2 Å². The van der Waals surface area contributed by atoms with E-state index >= 15 is 0 Å². The third kappa shape index (κ3) is 3.24. The van der Waals surface area contributed by atoms with Crippen LogP contribution < -0.4 is 10.0 Å². The first kappa shape index (κ1) is 13.4. The number of piperidine rings is 1. The van der Waals surface area contributed by atoms with E-state index in [1.807, 2.05) is 0 Å². The first-order chi connectivity index (χ1) is 8.47. The van der Waals surface area contributed by atoms with Crippen LogP contribution >= 0.6 is 0 Å². The average molecular weight is 270 g/mol. The Morgan fingerprint density at radius 3 is 2.56 bits per heavy atom. The molecule has 0 bridgehead atoms. The van der Waals surface area contributed by atoms with E-state index in [9.17, 15) is 8.42 Å². The SMILES string of the molecule is Cc1cc(C)nc(S(=O)(=O)N[C@@H]2CCCNC2)n1. The Morgan fingerprint density at radius 2 is 2.00 bits per heavy atom. The van der Waals surface area contributed by atoms with Gasteiger partial charge in [0, 0.05) is 24.0 Å². The Balaban J connectivity index is 2.19. The molecule has 2 N–H and O–H groups in total. The van der Waals surface area contributed by atoms with Gasteiger partial charge in [-0.1, -0.05) is 0 Å². The minimum atomic E-state index is -3.62. The van der Waals surface area contributed by atoms with Gasteiger partial charge in [0.15, 0.2) is 0 Å². The summed E-state index contributed by atoms with van der Waals surface area (Å²) in [4.78, 5) is 7.98. The number of nitrogens with one attached hydrogen (secondary N) is 2. The molecule has 7 heteroatoms. The van der Waals surface area contributed by atoms with Crippen LogP contribution in [0.3, 0.4) is 0 Å². The molecule has 18 heavy (non-hydrogen) atoms. The van der Waals surface area contributed by atoms with E-state index in [4.69, 9.17) is 0 Å². The summed E-state index contributed by atoms with van der Waals surface area (Å²) in [6.45, 7) is 5.12. The number of hydrogen-bond donors (Lipinski definition) is 2. The lowest BCUT2D eigenvalue weighted by molar-refractivity contribution is 0.427. The third-order valence-electron chi connectivity index (χ3n) is 2.82. The van der Waals surface area contributed by atoms with Crippen molar-refractivity contribution in [3.63, 3.8) is 0 Å². The van der Waals surface area contributed by atoms with E-state index in [0.29, 0.717) is 17.9 Å². The maximum absolute atomic E-state index is 12.1. The standard InChI is InChI=1S/C11H18N4O2S/c1-8-6-9(2)14-11(13-8)18(16,17)15-10-4-3-5-12-7-10/h6,10,12,15H,3-5,7H2,1-2H3/t10-/m1/s1. The highest BCUT2D eigenvalue weighted by Crippen LogP contribution is 2.09. The zero-order valence-corrected chi connectivity index (χ0v) is 11.4. The van der Waals surface area contributed by atoms with Gasteiger partial charge < -0.3 is 5.32 Å². The first-order valence-electron chi connectivity index (χ1n) is 6.03. The molecular weight excluding hydrogens is 252 g/mol. The molecule has 1 saturated heterocycles. The summed E-state index contributed by atoms with van der Waals surface area (Å²) in [5, 5.41) is 3.03. The van der Waals surface area contributed by atoms with E-state index in [2.05, 4.69) is 20.0 Å². The molecule has 0 radical (unpaired) electrons. The number of nitrogens with zero attached hydrogens (tertiary/aromatic N) is 2. The van der Waals surface area contributed by atoms with Gasteiger partial charge in [-0.05, 0) is 39.3 Å². The Labute approximate surface area is 107 Å². The van der Waals surface area contributed by atoms with Crippen molar-refractivity contribution < 1.29 is 8.42 Å². The Kier molecular flexibility index (Phi) is 3.94. The van der Waals surface area contributed by atoms with Crippen LogP contribution in [-0.2, 0) is 10.0 Å². The Hall–Kier alpha value is -1.05. The zero-order valence-electron chi connectivity index (χ0n) is 10.6. The molecule has 100 valence electrons. The second kappa shape index (κ2) is 5.29. The van der Waals surface area contributed by atoms with Crippen LogP contribution in [0.4, 0.5) is 0 Å². The van der Waals surface area contributed by atoms with Gasteiger partial charge in [0.25, 0.3) is 15.2 Å². The molecule has 0 aromatic carbocycles. The summed E-state index contributed by atoms with van der Waals surface area (Å²) in [7, 11) is -3.62. The van der Waals surface area contributed by atoms with Crippen LogP contribution in [-0.4, -0.2) is 37.5 Å². The van der Waals surface area contributed by atoms with E-state index in [0.717, 1.165) is 19.4 Å². The predicted octanol–water partition coefficient (Wildman–Crippen LogP) is 0.124. The molecule has 1 aromatic rings. The molecule has 0 aliphatic carbocycles. The van der Waals surface area contributed by atoms with E-state index in [1.54, 1.807) is 19.9 Å². The average Bonchev–Trinajstić information content (AvgIpc) is 2.28. The molecule has 0 spiro atoms. The molecular formula is C11H18N4O2S. The zero-order chi connectivity index (χ0) is 13.2. The summed E-state index contributed by atoms with van der Waals surface area (Å²) in [5.41, 5.74) is 1.31. The fourth-order valence-electron chi connectivity index (χ4n) is 2.04. The maximum Gasteiger partial charge on any atom is 0.276 e. The topological polar surface area (TPSA) is 84.0 Å². The molecule has 0 unspecified atom stereocenters. The number of aryl methyl sites for hydroxylation is 2. The molecule has 1 fully saturated rings. The summed E-state index contributed by atoms with van der Waals surface area (Å²) in [5.74, 6) is 0. The van der Waals surface area contributed by atoms with Crippen LogP contribution in [0.1, 0.15) is 24.2 Å². The van der Waals surface area contributed by atoms with Gasteiger partial charge in [-0.25, -0.2) is 23.1 Å². The fourth-order valence-corrected chi connectivity index (χ4v) is 3.31. The molecule has 6 nitrogen and oxygen atoms in total. The summed E-state index contributed by atoms with van der Waals surface area (Å²) >= 11 is 0. The Morgan fingerprint density at radius 1 is 1.33 bits per heavy atom. The predicted molar refractivity (Wildman–Crippen MR) is 67.7 cm³/mol. The van der Waals surface area contributed by atoms with Crippen molar-refractivity contribution in [3.05, 3.63) is 17.5 Å². The summed E-state index contributed by atoms with van der Waals surface area (Å²) in [6.07, 6.45) is 1.82. The molecule has 1 aliphatic rings. The smallest absolute Gasteiger partial charge is 0.276 e. The third-order valence-corrected chi connectivity index (χ3v) is 4.13. The minimum Gasteiger partial charge on any atom is -0.315 e. The Bertz CT molecular complexity index is 504.